The number of aryl methyl sites for hydroxylation is 1. The summed E-state index contributed by atoms with van der Waals surface area (Å²) in [5.74, 6) is -0.753. The zero-order valence-corrected chi connectivity index (χ0v) is 8.56. The van der Waals surface area contributed by atoms with E-state index in [9.17, 15) is 4.79 Å². The van der Waals surface area contributed by atoms with Crippen LogP contribution in [0.25, 0.3) is 0 Å². The molecule has 0 spiro atoms. The summed E-state index contributed by atoms with van der Waals surface area (Å²) in [4.78, 5) is 10.2. The lowest BCUT2D eigenvalue weighted by molar-refractivity contribution is -0.137. The van der Waals surface area contributed by atoms with Gasteiger partial charge in [0.2, 0.25) is 0 Å². The minimum Gasteiger partial charge on any atom is -0.481 e. The SMILES string of the molecule is O=C(O)CCCn1cc(I)cn1. The molecule has 0 saturated heterocycles. The second-order valence-electron chi connectivity index (χ2n) is 2.42. The highest BCUT2D eigenvalue weighted by atomic mass is 127. The molecule has 0 aliphatic heterocycles. The minimum atomic E-state index is -0.753. The van der Waals surface area contributed by atoms with E-state index in [1.165, 1.54) is 0 Å². The molecule has 0 fully saturated rings. The molecule has 0 atom stereocenters. The lowest BCUT2D eigenvalue weighted by Crippen LogP contribution is -2.01. The van der Waals surface area contributed by atoms with Crippen LogP contribution in [-0.2, 0) is 11.3 Å². The van der Waals surface area contributed by atoms with Crippen molar-refractivity contribution in [2.24, 2.45) is 0 Å². The lowest BCUT2D eigenvalue weighted by atomic mass is 10.3. The summed E-state index contributed by atoms with van der Waals surface area (Å²) in [7, 11) is 0. The van der Waals surface area contributed by atoms with Gasteiger partial charge in [-0.15, -0.1) is 0 Å². The van der Waals surface area contributed by atoms with E-state index in [0.717, 1.165) is 3.57 Å². The van der Waals surface area contributed by atoms with Gasteiger partial charge in [-0.25, -0.2) is 0 Å². The molecule has 12 heavy (non-hydrogen) atoms. The van der Waals surface area contributed by atoms with Crippen molar-refractivity contribution in [3.8, 4) is 0 Å². The largest absolute Gasteiger partial charge is 0.481 e. The predicted octanol–water partition coefficient (Wildman–Crippen LogP) is 1.35. The van der Waals surface area contributed by atoms with E-state index >= 15 is 0 Å². The van der Waals surface area contributed by atoms with Gasteiger partial charge in [0, 0.05) is 19.2 Å². The number of halogens is 1. The van der Waals surface area contributed by atoms with E-state index in [0.29, 0.717) is 13.0 Å². The Kier molecular flexibility index (Phi) is 3.51. The van der Waals surface area contributed by atoms with Gasteiger partial charge in [-0.1, -0.05) is 0 Å². The molecular formula is C7H9IN2O2. The molecule has 0 aliphatic rings. The van der Waals surface area contributed by atoms with Crippen LogP contribution in [0.1, 0.15) is 12.8 Å². The van der Waals surface area contributed by atoms with Crippen molar-refractivity contribution in [2.45, 2.75) is 19.4 Å². The summed E-state index contributed by atoms with van der Waals surface area (Å²) >= 11 is 2.17. The van der Waals surface area contributed by atoms with Gasteiger partial charge < -0.3 is 5.11 Å². The predicted molar refractivity (Wildman–Crippen MR) is 51.8 cm³/mol. The second-order valence-corrected chi connectivity index (χ2v) is 3.66. The Labute approximate surface area is 83.7 Å². The lowest BCUT2D eigenvalue weighted by Gasteiger charge is -1.97. The fourth-order valence-electron chi connectivity index (χ4n) is 0.853. The van der Waals surface area contributed by atoms with Crippen LogP contribution >= 0.6 is 22.6 Å². The van der Waals surface area contributed by atoms with Crippen LogP contribution in [0.15, 0.2) is 12.4 Å². The highest BCUT2D eigenvalue weighted by Crippen LogP contribution is 2.02. The van der Waals surface area contributed by atoms with Gasteiger partial charge in [0.05, 0.1) is 9.77 Å². The topological polar surface area (TPSA) is 55.1 Å². The number of hydrogen-bond donors (Lipinski definition) is 1. The van der Waals surface area contributed by atoms with E-state index in [1.54, 1.807) is 10.9 Å². The average Bonchev–Trinajstić information content (AvgIpc) is 2.35. The summed E-state index contributed by atoms with van der Waals surface area (Å²) in [5, 5.41) is 12.4. The van der Waals surface area contributed by atoms with Gasteiger partial charge in [-0.3, -0.25) is 9.48 Å². The van der Waals surface area contributed by atoms with Crippen LogP contribution in [0.3, 0.4) is 0 Å². The Morgan fingerprint density at radius 2 is 2.50 bits per heavy atom. The third kappa shape index (κ3) is 3.21. The summed E-state index contributed by atoms with van der Waals surface area (Å²) in [6.07, 6.45) is 4.48. The molecule has 0 unspecified atom stereocenters. The Morgan fingerprint density at radius 1 is 1.75 bits per heavy atom. The van der Waals surface area contributed by atoms with Crippen LogP contribution in [0.2, 0.25) is 0 Å². The number of carboxylic acid groups (broad SMARTS) is 1. The normalized spacial score (nSPS) is 10.1. The molecule has 1 rings (SSSR count). The molecule has 1 aromatic heterocycles. The molecule has 0 bridgehead atoms. The summed E-state index contributed by atoms with van der Waals surface area (Å²) in [6, 6.07) is 0. The van der Waals surface area contributed by atoms with Crippen molar-refractivity contribution in [2.75, 3.05) is 0 Å². The molecule has 0 radical (unpaired) electrons. The first-order valence-electron chi connectivity index (χ1n) is 3.58. The molecule has 1 heterocycles. The molecular weight excluding hydrogens is 271 g/mol. The maximum atomic E-state index is 10.2. The molecule has 0 aliphatic carbocycles. The van der Waals surface area contributed by atoms with Crippen molar-refractivity contribution >= 4 is 28.6 Å². The summed E-state index contributed by atoms with van der Waals surface area (Å²) < 4.78 is 2.83. The zero-order valence-electron chi connectivity index (χ0n) is 6.40. The van der Waals surface area contributed by atoms with E-state index in [4.69, 9.17) is 5.11 Å². The van der Waals surface area contributed by atoms with Gasteiger partial charge in [0.1, 0.15) is 0 Å². The molecule has 66 valence electrons. The highest BCUT2D eigenvalue weighted by molar-refractivity contribution is 14.1. The van der Waals surface area contributed by atoms with Gasteiger partial charge in [-0.05, 0) is 29.0 Å². The Balaban J connectivity index is 2.29. The maximum absolute atomic E-state index is 10.2. The van der Waals surface area contributed by atoms with Crippen molar-refractivity contribution in [3.05, 3.63) is 16.0 Å². The number of carbonyl (C=O) groups is 1. The van der Waals surface area contributed by atoms with Crippen LogP contribution in [-0.4, -0.2) is 20.9 Å². The third-order valence-electron chi connectivity index (χ3n) is 1.38. The van der Waals surface area contributed by atoms with Crippen molar-refractivity contribution in [1.29, 1.82) is 0 Å². The third-order valence-corrected chi connectivity index (χ3v) is 1.94. The van der Waals surface area contributed by atoms with E-state index in [1.807, 2.05) is 6.20 Å². The first-order chi connectivity index (χ1) is 5.68. The number of aromatic nitrogens is 2. The van der Waals surface area contributed by atoms with Crippen molar-refractivity contribution in [3.63, 3.8) is 0 Å². The Bertz CT molecular complexity index is 272. The van der Waals surface area contributed by atoms with E-state index in [-0.39, 0.29) is 6.42 Å². The number of aliphatic carboxylic acids is 1. The van der Waals surface area contributed by atoms with Crippen molar-refractivity contribution < 1.29 is 9.90 Å². The fourth-order valence-corrected chi connectivity index (χ4v) is 1.30. The van der Waals surface area contributed by atoms with Crippen LogP contribution in [0.5, 0.6) is 0 Å². The second kappa shape index (κ2) is 4.44. The molecule has 0 saturated carbocycles. The van der Waals surface area contributed by atoms with Gasteiger partial charge in [-0.2, -0.15) is 5.10 Å². The van der Waals surface area contributed by atoms with Crippen LogP contribution in [0, 0.1) is 3.57 Å². The summed E-state index contributed by atoms with van der Waals surface area (Å²) in [5.41, 5.74) is 0. The zero-order chi connectivity index (χ0) is 8.97. The smallest absolute Gasteiger partial charge is 0.303 e. The van der Waals surface area contributed by atoms with Gasteiger partial charge in [0.15, 0.2) is 0 Å². The molecule has 1 N–H and O–H groups in total. The van der Waals surface area contributed by atoms with E-state index < -0.39 is 5.97 Å². The average molecular weight is 280 g/mol. The van der Waals surface area contributed by atoms with E-state index in [2.05, 4.69) is 27.7 Å². The molecule has 0 aromatic carbocycles. The fraction of sp³-hybridized carbons (Fsp3) is 0.429. The minimum absolute atomic E-state index is 0.205. The highest BCUT2D eigenvalue weighted by Gasteiger charge is 1.98. The first-order valence-corrected chi connectivity index (χ1v) is 4.66. The number of carboxylic acids is 1. The number of hydrogen-bond acceptors (Lipinski definition) is 2. The number of rotatable bonds is 4. The van der Waals surface area contributed by atoms with Crippen molar-refractivity contribution in [1.82, 2.24) is 9.78 Å². The molecule has 4 nitrogen and oxygen atoms in total. The van der Waals surface area contributed by atoms with Gasteiger partial charge >= 0.3 is 5.97 Å². The van der Waals surface area contributed by atoms with Crippen LogP contribution < -0.4 is 0 Å². The standard InChI is InChI=1S/C7H9IN2O2/c8-6-4-9-10(5-6)3-1-2-7(11)12/h4-5H,1-3H2,(H,11,12). The van der Waals surface area contributed by atoms with Gasteiger partial charge in [0.25, 0.3) is 0 Å². The number of nitrogens with zero attached hydrogens (tertiary/aromatic N) is 2. The Morgan fingerprint density at radius 3 is 3.00 bits per heavy atom. The molecule has 0 amide bonds. The monoisotopic (exact) mass is 280 g/mol. The molecule has 5 heteroatoms. The molecule has 1 aromatic rings. The quantitative estimate of drug-likeness (QED) is 0.847. The Hall–Kier alpha value is -0.590. The first kappa shape index (κ1) is 9.50. The van der Waals surface area contributed by atoms with Crippen LogP contribution in [0.4, 0.5) is 0 Å². The maximum Gasteiger partial charge on any atom is 0.303 e. The summed E-state index contributed by atoms with van der Waals surface area (Å²) in [6.45, 7) is 0.676.